The Morgan fingerprint density at radius 3 is 2.50 bits per heavy atom. The second-order valence-corrected chi connectivity index (χ2v) is 1.14. The fraction of sp³-hybridized carbons (Fsp3) is 1.00. The molecule has 0 N–H and O–H groups in total. The Bertz CT molecular complexity index is 51.3. The largest absolute Gasteiger partial charge is 0.345 e. The van der Waals surface area contributed by atoms with Crippen LogP contribution in [-0.4, -0.2) is 26.2 Å². The molecule has 0 fully saturated rings. The van der Waals surface area contributed by atoms with Crippen LogP contribution >= 0.6 is 0 Å². The van der Waals surface area contributed by atoms with E-state index in [0.717, 1.165) is 0 Å². The molecule has 1 radical (unpaired) electrons. The minimum Gasteiger partial charge on any atom is -0.345 e. The van der Waals surface area contributed by atoms with Crippen LogP contribution in [0.25, 0.3) is 0 Å². The second-order valence-electron chi connectivity index (χ2n) is 1.14. The summed E-state index contributed by atoms with van der Waals surface area (Å²) >= 11 is 0. The summed E-state index contributed by atoms with van der Waals surface area (Å²) in [6.07, 6.45) is -1.70. The Morgan fingerprint density at radius 1 is 1.50 bits per heavy atom. The van der Waals surface area contributed by atoms with Gasteiger partial charge in [0.2, 0.25) is 6.29 Å². The lowest BCUT2D eigenvalue weighted by Crippen LogP contribution is -2.13. The molecule has 1 atom stereocenters. The molecule has 49 valence electrons. The quantitative estimate of drug-likeness (QED) is 0.508. The van der Waals surface area contributed by atoms with Crippen LogP contribution in [0.1, 0.15) is 0 Å². The van der Waals surface area contributed by atoms with Crippen LogP contribution in [0.2, 0.25) is 0 Å². The van der Waals surface area contributed by atoms with Crippen LogP contribution in [-0.2, 0) is 9.84 Å². The highest BCUT2D eigenvalue weighted by Gasteiger charge is 2.02. The average molecular weight is 125 g/mol. The molecule has 0 saturated carbocycles. The third kappa shape index (κ3) is 3.95. The van der Waals surface area contributed by atoms with E-state index in [1.54, 1.807) is 0 Å². The zero-order valence-electron chi connectivity index (χ0n) is 4.27. The molecule has 0 aromatic heterocycles. The summed E-state index contributed by atoms with van der Waals surface area (Å²) in [7, 11) is 0. The number of rotatable bonds is 4. The highest BCUT2D eigenvalue weighted by Crippen LogP contribution is 1.87. The Morgan fingerprint density at radius 2 is 2.12 bits per heavy atom. The van der Waals surface area contributed by atoms with Crippen molar-refractivity contribution in [3.63, 3.8) is 0 Å². The number of alkyl halides is 2. The fourth-order valence-electron chi connectivity index (χ4n) is 0.221. The van der Waals surface area contributed by atoms with Crippen LogP contribution in [0.15, 0.2) is 0 Å². The van der Waals surface area contributed by atoms with E-state index in [0.29, 0.717) is 0 Å². The summed E-state index contributed by atoms with van der Waals surface area (Å²) in [4.78, 5) is 0. The summed E-state index contributed by atoms with van der Waals surface area (Å²) < 4.78 is 26.3. The van der Waals surface area contributed by atoms with Gasteiger partial charge in [-0.15, -0.1) is 0 Å². The van der Waals surface area contributed by atoms with E-state index in [-0.39, 0.29) is 6.61 Å². The Kier molecular flexibility index (Phi) is 4.79. The lowest BCUT2D eigenvalue weighted by molar-refractivity contribution is -0.150. The predicted molar refractivity (Wildman–Crippen MR) is 22.4 cm³/mol. The maximum Gasteiger partial charge on any atom is 0.220 e. The highest BCUT2D eigenvalue weighted by atomic mass is 19.1. The van der Waals surface area contributed by atoms with Crippen molar-refractivity contribution in [2.24, 2.45) is 0 Å². The molecule has 4 heteroatoms. The van der Waals surface area contributed by atoms with Crippen molar-refractivity contribution in [3.8, 4) is 0 Å². The first kappa shape index (κ1) is 7.78. The van der Waals surface area contributed by atoms with Crippen molar-refractivity contribution in [2.75, 3.05) is 20.0 Å². The van der Waals surface area contributed by atoms with E-state index in [4.69, 9.17) is 0 Å². The zero-order valence-corrected chi connectivity index (χ0v) is 4.27. The van der Waals surface area contributed by atoms with Gasteiger partial charge in [-0.2, -0.15) is 5.11 Å². The summed E-state index contributed by atoms with van der Waals surface area (Å²) in [6.45, 7) is -2.14. The number of ether oxygens (including phenoxy) is 1. The molecule has 0 saturated heterocycles. The lowest BCUT2D eigenvalue weighted by Gasteiger charge is -2.00. The standard InChI is InChI=1S/C4H7F2O2/c5-1-2-8-4(7)3-6/h4H,1-3H2. The molecule has 0 amide bonds. The SMILES string of the molecule is [O]C(CF)OCCF. The van der Waals surface area contributed by atoms with E-state index in [1.165, 1.54) is 0 Å². The van der Waals surface area contributed by atoms with Crippen LogP contribution in [0.4, 0.5) is 8.78 Å². The molecule has 1 unspecified atom stereocenters. The predicted octanol–water partition coefficient (Wildman–Crippen LogP) is 0.699. The van der Waals surface area contributed by atoms with Crippen LogP contribution in [0.3, 0.4) is 0 Å². The molecular formula is C4H7F2O2. The second kappa shape index (κ2) is 4.93. The molecular weight excluding hydrogens is 118 g/mol. The van der Waals surface area contributed by atoms with E-state index in [2.05, 4.69) is 4.74 Å². The van der Waals surface area contributed by atoms with Crippen molar-refractivity contribution >= 4 is 0 Å². The zero-order chi connectivity index (χ0) is 6.41. The Balaban J connectivity index is 2.86. The van der Waals surface area contributed by atoms with Gasteiger partial charge in [-0.05, 0) is 0 Å². The molecule has 0 aromatic carbocycles. The monoisotopic (exact) mass is 125 g/mol. The third-order valence-electron chi connectivity index (χ3n) is 0.507. The first-order chi connectivity index (χ1) is 3.81. The van der Waals surface area contributed by atoms with Crippen LogP contribution in [0.5, 0.6) is 0 Å². The molecule has 0 rings (SSSR count). The first-order valence-corrected chi connectivity index (χ1v) is 2.20. The smallest absolute Gasteiger partial charge is 0.220 e. The molecule has 0 aromatic rings. The summed E-state index contributed by atoms with van der Waals surface area (Å²) in [5.74, 6) is 0. The fourth-order valence-corrected chi connectivity index (χ4v) is 0.221. The van der Waals surface area contributed by atoms with E-state index in [1.807, 2.05) is 0 Å². The van der Waals surface area contributed by atoms with Crippen molar-refractivity contribution in [1.29, 1.82) is 0 Å². The van der Waals surface area contributed by atoms with E-state index < -0.39 is 19.6 Å². The van der Waals surface area contributed by atoms with Gasteiger partial charge in [0.25, 0.3) is 0 Å². The molecule has 0 heterocycles. The van der Waals surface area contributed by atoms with Gasteiger partial charge in [-0.3, -0.25) is 0 Å². The van der Waals surface area contributed by atoms with Crippen molar-refractivity contribution in [3.05, 3.63) is 0 Å². The Labute approximate surface area is 46.1 Å². The van der Waals surface area contributed by atoms with Gasteiger partial charge in [0.05, 0.1) is 6.61 Å². The van der Waals surface area contributed by atoms with Gasteiger partial charge in [-0.1, -0.05) is 0 Å². The molecule has 0 aliphatic carbocycles. The van der Waals surface area contributed by atoms with Crippen LogP contribution in [0, 0.1) is 0 Å². The topological polar surface area (TPSA) is 29.1 Å². The molecule has 0 bridgehead atoms. The first-order valence-electron chi connectivity index (χ1n) is 2.20. The van der Waals surface area contributed by atoms with Crippen molar-refractivity contribution in [2.45, 2.75) is 6.29 Å². The Hall–Kier alpha value is -0.220. The highest BCUT2D eigenvalue weighted by molar-refractivity contribution is 4.32. The van der Waals surface area contributed by atoms with Crippen LogP contribution < -0.4 is 0 Å². The summed E-state index contributed by atoms with van der Waals surface area (Å²) in [5.41, 5.74) is 0. The van der Waals surface area contributed by atoms with Crippen molar-refractivity contribution < 1.29 is 18.6 Å². The normalized spacial score (nSPS) is 13.9. The third-order valence-corrected chi connectivity index (χ3v) is 0.507. The summed E-state index contributed by atoms with van der Waals surface area (Å²) in [5, 5.41) is 9.89. The van der Waals surface area contributed by atoms with Gasteiger partial charge < -0.3 is 4.74 Å². The molecule has 0 aliphatic rings. The number of hydrogen-bond acceptors (Lipinski definition) is 1. The van der Waals surface area contributed by atoms with E-state index >= 15 is 0 Å². The minimum absolute atomic E-state index is 0.307. The van der Waals surface area contributed by atoms with Gasteiger partial charge in [0.1, 0.15) is 13.3 Å². The van der Waals surface area contributed by atoms with Gasteiger partial charge in [-0.25, -0.2) is 8.78 Å². The van der Waals surface area contributed by atoms with Gasteiger partial charge in [0, 0.05) is 0 Å². The maximum atomic E-state index is 11.2. The van der Waals surface area contributed by atoms with Gasteiger partial charge >= 0.3 is 0 Å². The lowest BCUT2D eigenvalue weighted by atomic mass is 10.7. The minimum atomic E-state index is -1.70. The molecule has 0 aliphatic heterocycles. The van der Waals surface area contributed by atoms with Gasteiger partial charge in [0.15, 0.2) is 0 Å². The molecule has 8 heavy (non-hydrogen) atoms. The summed E-state index contributed by atoms with van der Waals surface area (Å²) in [6, 6.07) is 0. The number of hydrogen-bond donors (Lipinski definition) is 0. The van der Waals surface area contributed by atoms with Crippen molar-refractivity contribution in [1.82, 2.24) is 0 Å². The van der Waals surface area contributed by atoms with E-state index in [9.17, 15) is 13.9 Å². The maximum absolute atomic E-state index is 11.2. The average Bonchev–Trinajstić information content (AvgIpc) is 1.83. The number of halogens is 2. The molecule has 2 nitrogen and oxygen atoms in total. The molecule has 0 spiro atoms.